The Morgan fingerprint density at radius 2 is 2.00 bits per heavy atom. The first-order valence-corrected chi connectivity index (χ1v) is 5.07. The number of rotatable bonds is 4. The van der Waals surface area contributed by atoms with Crippen LogP contribution >= 0.6 is 0 Å². The zero-order valence-electron chi connectivity index (χ0n) is 9.70. The van der Waals surface area contributed by atoms with E-state index in [0.717, 1.165) is 0 Å². The minimum absolute atomic E-state index is 0.00304. The Hall–Kier alpha value is -1.97. The Bertz CT molecular complexity index is 463. The summed E-state index contributed by atoms with van der Waals surface area (Å²) in [5, 5.41) is 0. The summed E-state index contributed by atoms with van der Waals surface area (Å²) in [5.41, 5.74) is 0.529. The van der Waals surface area contributed by atoms with Gasteiger partial charge in [0.1, 0.15) is 5.82 Å². The third-order valence-electron chi connectivity index (χ3n) is 2.17. The van der Waals surface area contributed by atoms with Gasteiger partial charge in [0, 0.05) is 0 Å². The number of methoxy groups -OCH3 is 1. The number of carbonyl (C=O) groups excluding carboxylic acids is 2. The molecule has 0 aliphatic carbocycles. The molecule has 1 rings (SSSR count). The monoisotopic (exact) mass is 236 g/mol. The average molecular weight is 236 g/mol. The molecule has 0 heterocycles. The molecule has 1 aromatic rings. The Kier molecular flexibility index (Phi) is 4.57. The molecule has 0 saturated carbocycles. The van der Waals surface area contributed by atoms with E-state index >= 15 is 0 Å². The van der Waals surface area contributed by atoms with Gasteiger partial charge in [0.05, 0.1) is 19.1 Å². The van der Waals surface area contributed by atoms with E-state index in [2.05, 4.69) is 4.74 Å². The van der Waals surface area contributed by atoms with Crippen molar-refractivity contribution in [2.75, 3.05) is 7.11 Å². The second kappa shape index (κ2) is 5.94. The number of halogens is 1. The fraction of sp³-hybridized carbons (Fsp3) is 0.231. The molecule has 0 N–H and O–H groups in total. The van der Waals surface area contributed by atoms with E-state index in [1.54, 1.807) is 13.0 Å². The van der Waals surface area contributed by atoms with Crippen molar-refractivity contribution in [3.8, 4) is 0 Å². The second-order valence-electron chi connectivity index (χ2n) is 3.59. The van der Waals surface area contributed by atoms with Gasteiger partial charge in [0.25, 0.3) is 0 Å². The first-order chi connectivity index (χ1) is 8.04. The Morgan fingerprint density at radius 3 is 2.59 bits per heavy atom. The smallest absolute Gasteiger partial charge is 0.309 e. The predicted molar refractivity (Wildman–Crippen MR) is 61.1 cm³/mol. The summed E-state index contributed by atoms with van der Waals surface area (Å²) >= 11 is 0. The lowest BCUT2D eigenvalue weighted by Gasteiger charge is -2.01. The van der Waals surface area contributed by atoms with Crippen molar-refractivity contribution in [2.45, 2.75) is 13.3 Å². The van der Waals surface area contributed by atoms with Crippen LogP contribution in [0.3, 0.4) is 0 Å². The van der Waals surface area contributed by atoms with Crippen LogP contribution in [0.2, 0.25) is 0 Å². The summed E-state index contributed by atoms with van der Waals surface area (Å²) in [7, 11) is 1.27. The lowest BCUT2D eigenvalue weighted by atomic mass is 10.1. The molecule has 0 unspecified atom stereocenters. The van der Waals surface area contributed by atoms with Gasteiger partial charge in [-0.25, -0.2) is 4.39 Å². The van der Waals surface area contributed by atoms with Gasteiger partial charge in [-0.3, -0.25) is 9.59 Å². The molecule has 3 nitrogen and oxygen atoms in total. The maximum Gasteiger partial charge on any atom is 0.309 e. The van der Waals surface area contributed by atoms with E-state index in [-0.39, 0.29) is 12.0 Å². The molecule has 0 aliphatic rings. The molecule has 0 saturated heterocycles. The zero-order chi connectivity index (χ0) is 12.8. The molecular weight excluding hydrogens is 223 g/mol. The lowest BCUT2D eigenvalue weighted by molar-refractivity contribution is -0.139. The summed E-state index contributed by atoms with van der Waals surface area (Å²) in [5.74, 6) is -1.45. The van der Waals surface area contributed by atoms with Crippen LogP contribution in [0.15, 0.2) is 35.9 Å². The molecule has 0 aromatic heterocycles. The summed E-state index contributed by atoms with van der Waals surface area (Å²) in [6.45, 7) is 1.62. The van der Waals surface area contributed by atoms with E-state index in [1.807, 2.05) is 0 Å². The Balaban J connectivity index is 2.82. The first kappa shape index (κ1) is 13.1. The van der Waals surface area contributed by atoms with Crippen molar-refractivity contribution in [2.24, 2.45) is 0 Å². The van der Waals surface area contributed by atoms with E-state index in [1.165, 1.54) is 31.4 Å². The molecule has 0 aliphatic heterocycles. The van der Waals surface area contributed by atoms with Crippen LogP contribution in [-0.2, 0) is 9.53 Å². The van der Waals surface area contributed by atoms with Crippen molar-refractivity contribution >= 4 is 11.8 Å². The molecular formula is C13H13FO3. The van der Waals surface area contributed by atoms with Gasteiger partial charge in [-0.05, 0) is 25.1 Å². The Labute approximate surface area is 98.9 Å². The van der Waals surface area contributed by atoms with E-state index in [4.69, 9.17) is 0 Å². The van der Waals surface area contributed by atoms with Crippen molar-refractivity contribution in [1.29, 1.82) is 0 Å². The summed E-state index contributed by atoms with van der Waals surface area (Å²) in [6.07, 6.45) is 1.27. The molecule has 1 aromatic carbocycles. The number of hydrogen-bond donors (Lipinski definition) is 0. The summed E-state index contributed by atoms with van der Waals surface area (Å²) < 4.78 is 17.7. The van der Waals surface area contributed by atoms with Gasteiger partial charge < -0.3 is 4.74 Å². The first-order valence-electron chi connectivity index (χ1n) is 5.07. The van der Waals surface area contributed by atoms with Crippen molar-refractivity contribution < 1.29 is 18.7 Å². The standard InChI is InChI=1S/C13H13FO3/c1-9(8-13(16)17-2)7-12(15)10-5-3-4-6-11(10)14/h3-7H,8H2,1-2H3. The number of esters is 1. The molecule has 0 amide bonds. The summed E-state index contributed by atoms with van der Waals surface area (Å²) in [4.78, 5) is 22.6. The normalized spacial score (nSPS) is 11.1. The van der Waals surface area contributed by atoms with Gasteiger partial charge in [-0.1, -0.05) is 17.7 Å². The molecule has 17 heavy (non-hydrogen) atoms. The molecule has 0 spiro atoms. The predicted octanol–water partition coefficient (Wildman–Crippen LogP) is 2.52. The van der Waals surface area contributed by atoms with Gasteiger partial charge in [-0.15, -0.1) is 0 Å². The van der Waals surface area contributed by atoms with Crippen molar-refractivity contribution in [3.63, 3.8) is 0 Å². The number of carbonyl (C=O) groups is 2. The molecule has 90 valence electrons. The van der Waals surface area contributed by atoms with E-state index in [0.29, 0.717) is 5.57 Å². The Morgan fingerprint density at radius 1 is 1.35 bits per heavy atom. The molecule has 0 fully saturated rings. The van der Waals surface area contributed by atoms with Gasteiger partial charge >= 0.3 is 5.97 Å². The molecule has 0 radical (unpaired) electrons. The van der Waals surface area contributed by atoms with Crippen LogP contribution in [0.25, 0.3) is 0 Å². The number of benzene rings is 1. The molecule has 0 bridgehead atoms. The van der Waals surface area contributed by atoms with Crippen LogP contribution in [0.5, 0.6) is 0 Å². The highest BCUT2D eigenvalue weighted by molar-refractivity contribution is 6.05. The lowest BCUT2D eigenvalue weighted by Crippen LogP contribution is -2.03. The minimum atomic E-state index is -0.570. The van der Waals surface area contributed by atoms with Crippen LogP contribution in [-0.4, -0.2) is 18.9 Å². The topological polar surface area (TPSA) is 43.4 Å². The average Bonchev–Trinajstić information content (AvgIpc) is 2.29. The van der Waals surface area contributed by atoms with Crippen LogP contribution < -0.4 is 0 Å². The third-order valence-corrected chi connectivity index (χ3v) is 2.17. The maximum atomic E-state index is 13.3. The fourth-order valence-corrected chi connectivity index (χ4v) is 1.31. The summed E-state index contributed by atoms with van der Waals surface area (Å²) in [6, 6.07) is 5.72. The number of ketones is 1. The van der Waals surface area contributed by atoms with Gasteiger partial charge in [0.15, 0.2) is 5.78 Å². The van der Waals surface area contributed by atoms with Crippen LogP contribution in [0, 0.1) is 5.82 Å². The number of hydrogen-bond acceptors (Lipinski definition) is 3. The highest BCUT2D eigenvalue weighted by Crippen LogP contribution is 2.10. The molecule has 0 atom stereocenters. The number of allylic oxidation sites excluding steroid dienone is 1. The maximum absolute atomic E-state index is 13.3. The highest BCUT2D eigenvalue weighted by Gasteiger charge is 2.09. The van der Waals surface area contributed by atoms with Gasteiger partial charge in [0.2, 0.25) is 0 Å². The van der Waals surface area contributed by atoms with Crippen LogP contribution in [0.1, 0.15) is 23.7 Å². The fourth-order valence-electron chi connectivity index (χ4n) is 1.31. The zero-order valence-corrected chi connectivity index (χ0v) is 9.70. The molecule has 4 heteroatoms. The van der Waals surface area contributed by atoms with E-state index < -0.39 is 17.6 Å². The van der Waals surface area contributed by atoms with Crippen molar-refractivity contribution in [1.82, 2.24) is 0 Å². The van der Waals surface area contributed by atoms with Crippen LogP contribution in [0.4, 0.5) is 4.39 Å². The van der Waals surface area contributed by atoms with Gasteiger partial charge in [-0.2, -0.15) is 0 Å². The second-order valence-corrected chi connectivity index (χ2v) is 3.59. The SMILES string of the molecule is COC(=O)CC(C)=CC(=O)c1ccccc1F. The minimum Gasteiger partial charge on any atom is -0.469 e. The third kappa shape index (κ3) is 3.83. The largest absolute Gasteiger partial charge is 0.469 e. The van der Waals surface area contributed by atoms with Crippen molar-refractivity contribution in [3.05, 3.63) is 47.3 Å². The quantitative estimate of drug-likeness (QED) is 0.458. The highest BCUT2D eigenvalue weighted by atomic mass is 19.1. The number of ether oxygens (including phenoxy) is 1. The van der Waals surface area contributed by atoms with E-state index in [9.17, 15) is 14.0 Å².